The zero-order valence-electron chi connectivity index (χ0n) is 21.8. The minimum atomic E-state index is -0.678. The number of rotatable bonds is 4. The van der Waals surface area contributed by atoms with Crippen molar-refractivity contribution < 1.29 is 33.4 Å². The molecule has 39 heavy (non-hydrogen) atoms. The highest BCUT2D eigenvalue weighted by Gasteiger charge is 2.25. The summed E-state index contributed by atoms with van der Waals surface area (Å²) < 4.78 is 17.0. The maximum atomic E-state index is 13.4. The number of carbonyl (C=O) groups excluding carboxylic acids is 4. The first-order valence-electron chi connectivity index (χ1n) is 13.0. The van der Waals surface area contributed by atoms with Crippen LogP contribution in [0.15, 0.2) is 78.9 Å². The molecule has 3 aromatic carbocycles. The summed E-state index contributed by atoms with van der Waals surface area (Å²) in [6.45, 7) is 1.76. The van der Waals surface area contributed by atoms with Crippen molar-refractivity contribution in [3.8, 4) is 11.5 Å². The van der Waals surface area contributed by atoms with Crippen LogP contribution < -0.4 is 9.47 Å². The minimum Gasteiger partial charge on any atom is -0.459 e. The second-order valence-electron chi connectivity index (χ2n) is 9.34. The first-order valence-corrected chi connectivity index (χ1v) is 13.0. The van der Waals surface area contributed by atoms with Gasteiger partial charge in [0.25, 0.3) is 0 Å². The summed E-state index contributed by atoms with van der Waals surface area (Å²) >= 11 is 0. The summed E-state index contributed by atoms with van der Waals surface area (Å²) in [5.41, 5.74) is 1.05. The molecular formula is C32H30O7. The quantitative estimate of drug-likeness (QED) is 0.279. The molecule has 0 radical (unpaired) electrons. The fourth-order valence-electron chi connectivity index (χ4n) is 4.21. The molecule has 1 atom stereocenters. The van der Waals surface area contributed by atoms with E-state index in [1.807, 2.05) is 6.08 Å². The van der Waals surface area contributed by atoms with E-state index in [1.165, 1.54) is 12.1 Å². The summed E-state index contributed by atoms with van der Waals surface area (Å²) in [7, 11) is 0. The Labute approximate surface area is 227 Å². The van der Waals surface area contributed by atoms with Crippen LogP contribution in [-0.2, 0) is 9.53 Å². The molecule has 1 heterocycles. The van der Waals surface area contributed by atoms with Gasteiger partial charge in [0.05, 0.1) is 17.2 Å². The lowest BCUT2D eigenvalue weighted by atomic mass is 10.0. The average Bonchev–Trinajstić information content (AvgIpc) is 2.93. The largest absolute Gasteiger partial charge is 0.459 e. The van der Waals surface area contributed by atoms with Gasteiger partial charge in [0, 0.05) is 18.9 Å². The molecule has 7 nitrogen and oxygen atoms in total. The van der Waals surface area contributed by atoms with E-state index in [1.54, 1.807) is 73.7 Å². The average molecular weight is 527 g/mol. The molecule has 0 amide bonds. The maximum absolute atomic E-state index is 13.4. The van der Waals surface area contributed by atoms with Crippen molar-refractivity contribution in [2.75, 3.05) is 0 Å². The second-order valence-corrected chi connectivity index (χ2v) is 9.34. The lowest BCUT2D eigenvalue weighted by Gasteiger charge is -2.18. The van der Waals surface area contributed by atoms with Gasteiger partial charge in [-0.05, 0) is 68.5 Å². The normalized spacial score (nSPS) is 16.4. The van der Waals surface area contributed by atoms with Crippen LogP contribution in [0.4, 0.5) is 0 Å². The summed E-state index contributed by atoms with van der Waals surface area (Å²) in [6, 6.07) is 19.7. The highest BCUT2D eigenvalue weighted by molar-refractivity contribution is 6.00. The van der Waals surface area contributed by atoms with E-state index in [2.05, 4.69) is 0 Å². The first kappa shape index (κ1) is 27.5. The molecule has 0 bridgehead atoms. The van der Waals surface area contributed by atoms with Crippen molar-refractivity contribution >= 4 is 29.8 Å². The smallest absolute Gasteiger partial charge is 0.343 e. The van der Waals surface area contributed by atoms with Gasteiger partial charge >= 0.3 is 17.9 Å². The van der Waals surface area contributed by atoms with E-state index in [9.17, 15) is 19.2 Å². The van der Waals surface area contributed by atoms with Crippen molar-refractivity contribution in [1.29, 1.82) is 0 Å². The Hall–Kier alpha value is -4.52. The SMILES string of the molecule is CC1CCCC(=O)CCCC=Cc2cc(OC(=O)c3ccccc3)cc(OC(=O)c3ccccc3)c2C(=O)O1. The van der Waals surface area contributed by atoms with Crippen molar-refractivity contribution in [2.45, 2.75) is 51.6 Å². The van der Waals surface area contributed by atoms with E-state index in [-0.39, 0.29) is 22.8 Å². The molecule has 0 spiro atoms. The number of carbonyl (C=O) groups is 4. The molecule has 3 aromatic rings. The van der Waals surface area contributed by atoms with Gasteiger partial charge < -0.3 is 14.2 Å². The van der Waals surface area contributed by atoms with E-state index in [0.717, 1.165) is 0 Å². The lowest BCUT2D eigenvalue weighted by Crippen LogP contribution is -2.19. The zero-order valence-corrected chi connectivity index (χ0v) is 21.8. The Kier molecular flexibility index (Phi) is 9.40. The highest BCUT2D eigenvalue weighted by Crippen LogP contribution is 2.33. The molecular weight excluding hydrogens is 496 g/mol. The molecule has 200 valence electrons. The van der Waals surface area contributed by atoms with Crippen LogP contribution in [-0.4, -0.2) is 29.8 Å². The molecule has 1 aliphatic heterocycles. The fraction of sp³-hybridized carbons (Fsp3) is 0.250. The Morgan fingerprint density at radius 3 is 2.10 bits per heavy atom. The van der Waals surface area contributed by atoms with Gasteiger partial charge in [0.2, 0.25) is 0 Å². The number of esters is 3. The standard InChI is InChI=1S/C32H30O7/c1-22-12-11-19-26(33)18-10-4-9-17-25-20-27(38-30(34)23-13-5-2-6-14-23)21-28(29(25)32(36)37-22)39-31(35)24-15-7-3-8-16-24/h2-3,5-9,13-17,20-22H,4,10-12,18-19H2,1H3. The molecule has 7 heteroatoms. The van der Waals surface area contributed by atoms with Crippen molar-refractivity contribution in [3.63, 3.8) is 0 Å². The van der Waals surface area contributed by atoms with Gasteiger partial charge in [-0.1, -0.05) is 48.6 Å². The summed E-state index contributed by atoms with van der Waals surface area (Å²) in [4.78, 5) is 51.3. The third kappa shape index (κ3) is 7.74. The van der Waals surface area contributed by atoms with Gasteiger partial charge in [-0.2, -0.15) is 0 Å². The minimum absolute atomic E-state index is 0.0510. The van der Waals surface area contributed by atoms with Gasteiger partial charge in [0.15, 0.2) is 0 Å². The molecule has 1 unspecified atom stereocenters. The van der Waals surface area contributed by atoms with E-state index in [4.69, 9.17) is 14.2 Å². The third-order valence-corrected chi connectivity index (χ3v) is 6.24. The van der Waals surface area contributed by atoms with E-state index in [0.29, 0.717) is 55.2 Å². The van der Waals surface area contributed by atoms with Crippen LogP contribution >= 0.6 is 0 Å². The van der Waals surface area contributed by atoms with Crippen molar-refractivity contribution in [3.05, 3.63) is 101 Å². The van der Waals surface area contributed by atoms with Gasteiger partial charge in [-0.15, -0.1) is 0 Å². The van der Waals surface area contributed by atoms with Gasteiger partial charge in [-0.3, -0.25) is 4.79 Å². The van der Waals surface area contributed by atoms with Crippen molar-refractivity contribution in [2.24, 2.45) is 0 Å². The molecule has 4 rings (SSSR count). The number of ketones is 1. The topological polar surface area (TPSA) is 96.0 Å². The number of cyclic esters (lactones) is 1. The summed E-state index contributed by atoms with van der Waals surface area (Å²) in [5.74, 6) is -1.75. The van der Waals surface area contributed by atoms with Crippen LogP contribution in [0.1, 0.15) is 82.1 Å². The lowest BCUT2D eigenvalue weighted by molar-refractivity contribution is -0.119. The van der Waals surface area contributed by atoms with Crippen molar-refractivity contribution in [1.82, 2.24) is 0 Å². The third-order valence-electron chi connectivity index (χ3n) is 6.24. The van der Waals surface area contributed by atoms with E-state index >= 15 is 0 Å². The van der Waals surface area contributed by atoms with Crippen LogP contribution in [0.25, 0.3) is 6.08 Å². The Morgan fingerprint density at radius 1 is 0.821 bits per heavy atom. The number of ether oxygens (including phenoxy) is 3. The summed E-state index contributed by atoms with van der Waals surface area (Å²) in [5, 5.41) is 0. The first-order chi connectivity index (χ1) is 18.9. The molecule has 0 aliphatic carbocycles. The molecule has 0 saturated heterocycles. The fourth-order valence-corrected chi connectivity index (χ4v) is 4.21. The Balaban J connectivity index is 1.76. The second kappa shape index (κ2) is 13.3. The number of allylic oxidation sites excluding steroid dienone is 1. The number of Topliss-reactive ketones (excluding diaryl/α,β-unsaturated/α-hetero) is 1. The zero-order chi connectivity index (χ0) is 27.6. The number of hydrogen-bond donors (Lipinski definition) is 0. The highest BCUT2D eigenvalue weighted by atomic mass is 16.6. The summed E-state index contributed by atoms with van der Waals surface area (Å²) in [6.07, 6.45) is 6.38. The Morgan fingerprint density at radius 2 is 1.44 bits per heavy atom. The van der Waals surface area contributed by atoms with Gasteiger partial charge in [-0.25, -0.2) is 14.4 Å². The van der Waals surface area contributed by atoms with Gasteiger partial charge in [0.1, 0.15) is 22.8 Å². The van der Waals surface area contributed by atoms with E-state index < -0.39 is 24.0 Å². The maximum Gasteiger partial charge on any atom is 0.343 e. The van der Waals surface area contributed by atoms with Crippen LogP contribution in [0.5, 0.6) is 11.5 Å². The molecule has 0 saturated carbocycles. The molecule has 0 fully saturated rings. The predicted octanol–water partition coefficient (Wildman–Crippen LogP) is 6.61. The number of fused-ring (bicyclic) bond motifs is 1. The molecule has 1 aliphatic rings. The number of benzene rings is 3. The Bertz CT molecular complexity index is 1360. The predicted molar refractivity (Wildman–Crippen MR) is 146 cm³/mol. The number of hydrogen-bond acceptors (Lipinski definition) is 7. The van der Waals surface area contributed by atoms with Crippen LogP contribution in [0.2, 0.25) is 0 Å². The molecule has 0 N–H and O–H groups in total. The molecule has 0 aromatic heterocycles. The monoisotopic (exact) mass is 526 g/mol. The van der Waals surface area contributed by atoms with Crippen LogP contribution in [0.3, 0.4) is 0 Å². The van der Waals surface area contributed by atoms with Crippen LogP contribution in [0, 0.1) is 0 Å².